The molecule has 1 fully saturated rings. The van der Waals surface area contributed by atoms with Gasteiger partial charge in [0.2, 0.25) is 5.43 Å². The van der Waals surface area contributed by atoms with Crippen LogP contribution in [-0.2, 0) is 12.6 Å². The lowest BCUT2D eigenvalue weighted by Crippen LogP contribution is -2.42. The molecule has 0 radical (unpaired) electrons. The summed E-state index contributed by atoms with van der Waals surface area (Å²) in [7, 11) is 1.91. The summed E-state index contributed by atoms with van der Waals surface area (Å²) < 4.78 is 25.5. The Morgan fingerprint density at radius 1 is 1.39 bits per heavy atom. The highest BCUT2D eigenvalue weighted by molar-refractivity contribution is 7.99. The van der Waals surface area contributed by atoms with Crippen molar-refractivity contribution in [3.05, 3.63) is 40.2 Å². The largest absolute Gasteiger partial charge is 0.487 e. The number of halogens is 1. The first-order valence-electron chi connectivity index (χ1n) is 11.0. The monoisotopic (exact) mass is 471 g/mol. The Hall–Kier alpha value is -3.01. The van der Waals surface area contributed by atoms with Gasteiger partial charge >= 0.3 is 0 Å². The summed E-state index contributed by atoms with van der Waals surface area (Å²) in [4.78, 5) is 29.7. The topological polar surface area (TPSA) is 104 Å². The fourth-order valence-corrected chi connectivity index (χ4v) is 5.76. The van der Waals surface area contributed by atoms with E-state index < -0.39 is 11.2 Å². The summed E-state index contributed by atoms with van der Waals surface area (Å²) in [6.07, 6.45) is 8.99. The van der Waals surface area contributed by atoms with Gasteiger partial charge in [0, 0.05) is 37.9 Å². The van der Waals surface area contributed by atoms with E-state index in [1.165, 1.54) is 6.92 Å². The Bertz CT molecular complexity index is 1330. The number of fused-ring (bicyclic) bond motifs is 1. The molecule has 2 aliphatic rings. The fraction of sp³-hybridized carbons (Fsp3) is 0.435. The van der Waals surface area contributed by atoms with E-state index in [0.717, 1.165) is 30.8 Å². The van der Waals surface area contributed by atoms with E-state index in [-0.39, 0.29) is 39.4 Å². The van der Waals surface area contributed by atoms with Crippen molar-refractivity contribution in [1.82, 2.24) is 14.1 Å². The number of nitrogens with zero attached hydrogens (tertiary/aromatic N) is 3. The summed E-state index contributed by atoms with van der Waals surface area (Å²) in [5.41, 5.74) is 5.65. The van der Waals surface area contributed by atoms with Crippen molar-refractivity contribution in [2.24, 2.45) is 7.05 Å². The van der Waals surface area contributed by atoms with Gasteiger partial charge in [0.05, 0.1) is 27.7 Å². The highest BCUT2D eigenvalue weighted by Crippen LogP contribution is 2.48. The van der Waals surface area contributed by atoms with E-state index in [2.05, 4.69) is 10.3 Å². The zero-order valence-corrected chi connectivity index (χ0v) is 19.4. The Labute approximate surface area is 194 Å². The molecule has 0 amide bonds. The molecule has 1 saturated carbocycles. The second-order valence-corrected chi connectivity index (χ2v) is 9.83. The van der Waals surface area contributed by atoms with Gasteiger partial charge in [-0.05, 0) is 19.8 Å². The maximum Gasteiger partial charge on any atom is 0.202 e. The lowest BCUT2D eigenvalue weighted by Gasteiger charge is -2.39. The van der Waals surface area contributed by atoms with E-state index in [0.29, 0.717) is 24.4 Å². The summed E-state index contributed by atoms with van der Waals surface area (Å²) in [6.45, 7) is 2.14. The van der Waals surface area contributed by atoms with Crippen molar-refractivity contribution in [1.29, 1.82) is 0 Å². The molecular weight excluding hydrogens is 445 g/mol. The standard InChI is InChI=1S/C23H26FN5O3S/c1-13(30)14-11-29-19-15(20(14)31)17(25)16(24)18(21(19)32-12-23(29)5-3-4-6-23)26-8-10-33-22-27-7-9-28(22)2/h7,9,11,26H,3-6,8,10,12,25H2,1-2H3. The van der Waals surface area contributed by atoms with Crippen LogP contribution in [0.3, 0.4) is 0 Å². The van der Waals surface area contributed by atoms with Crippen LogP contribution in [0.4, 0.5) is 15.8 Å². The van der Waals surface area contributed by atoms with E-state index in [9.17, 15) is 9.59 Å². The molecule has 5 rings (SSSR count). The van der Waals surface area contributed by atoms with Crippen molar-refractivity contribution in [3.8, 4) is 5.75 Å². The van der Waals surface area contributed by atoms with Crippen molar-refractivity contribution >= 4 is 39.8 Å². The molecule has 2 aromatic heterocycles. The number of aromatic nitrogens is 3. The number of ether oxygens (including phenoxy) is 1. The summed E-state index contributed by atoms with van der Waals surface area (Å²) >= 11 is 1.54. The number of aryl methyl sites for hydroxylation is 1. The Morgan fingerprint density at radius 3 is 2.82 bits per heavy atom. The third-order valence-corrected chi connectivity index (χ3v) is 7.76. The first kappa shape index (κ1) is 21.8. The van der Waals surface area contributed by atoms with Crippen LogP contribution in [0.25, 0.3) is 10.9 Å². The molecule has 0 atom stereocenters. The number of rotatable bonds is 6. The summed E-state index contributed by atoms with van der Waals surface area (Å²) in [5.74, 6) is -0.170. The third-order valence-electron chi connectivity index (χ3n) is 6.70. The molecular formula is C23H26FN5O3S. The molecule has 1 aromatic carbocycles. The van der Waals surface area contributed by atoms with Crippen LogP contribution in [0.2, 0.25) is 0 Å². The van der Waals surface area contributed by atoms with Crippen LogP contribution in [0.15, 0.2) is 28.5 Å². The Balaban J connectivity index is 1.61. The van der Waals surface area contributed by atoms with Crippen molar-refractivity contribution in [3.63, 3.8) is 0 Å². The molecule has 1 aliphatic heterocycles. The van der Waals surface area contributed by atoms with Crippen LogP contribution in [-0.4, -0.2) is 38.8 Å². The molecule has 3 heterocycles. The van der Waals surface area contributed by atoms with E-state index in [1.807, 2.05) is 22.4 Å². The van der Waals surface area contributed by atoms with Crippen molar-refractivity contribution in [2.75, 3.05) is 30.0 Å². The van der Waals surface area contributed by atoms with E-state index in [1.54, 1.807) is 24.2 Å². The average molecular weight is 472 g/mol. The normalized spacial score (nSPS) is 16.3. The lowest BCUT2D eigenvalue weighted by molar-refractivity contribution is 0.101. The molecule has 0 bridgehead atoms. The predicted octanol–water partition coefficient (Wildman–Crippen LogP) is 3.52. The van der Waals surface area contributed by atoms with Gasteiger partial charge in [-0.3, -0.25) is 9.59 Å². The zero-order valence-electron chi connectivity index (χ0n) is 18.6. The van der Waals surface area contributed by atoms with Gasteiger partial charge in [0.15, 0.2) is 22.5 Å². The van der Waals surface area contributed by atoms with Crippen LogP contribution >= 0.6 is 11.8 Å². The Kier molecular flexibility index (Phi) is 5.35. The maximum absolute atomic E-state index is 15.5. The number of carbonyl (C=O) groups excluding carboxylic acids is 1. The smallest absolute Gasteiger partial charge is 0.202 e. The third kappa shape index (κ3) is 3.38. The number of carbonyl (C=O) groups is 1. The molecule has 1 spiro atoms. The van der Waals surface area contributed by atoms with Gasteiger partial charge in [0.25, 0.3) is 0 Å². The van der Waals surface area contributed by atoms with Crippen LogP contribution in [0.5, 0.6) is 5.75 Å². The van der Waals surface area contributed by atoms with Crippen LogP contribution < -0.4 is 21.2 Å². The molecule has 8 nitrogen and oxygen atoms in total. The predicted molar refractivity (Wildman–Crippen MR) is 127 cm³/mol. The minimum atomic E-state index is -0.730. The molecule has 1 aliphatic carbocycles. The quantitative estimate of drug-likeness (QED) is 0.245. The number of thioether (sulfide) groups is 1. The van der Waals surface area contributed by atoms with Gasteiger partial charge in [0.1, 0.15) is 12.3 Å². The Morgan fingerprint density at radius 2 is 2.15 bits per heavy atom. The number of anilines is 2. The van der Waals surface area contributed by atoms with Crippen LogP contribution in [0.1, 0.15) is 43.0 Å². The number of nitrogen functional groups attached to an aromatic ring is 1. The molecule has 174 valence electrons. The number of hydrogen-bond donors (Lipinski definition) is 2. The van der Waals surface area contributed by atoms with Gasteiger partial charge in [-0.2, -0.15) is 0 Å². The van der Waals surface area contributed by atoms with Gasteiger partial charge < -0.3 is 24.9 Å². The van der Waals surface area contributed by atoms with Gasteiger partial charge in [-0.15, -0.1) is 0 Å². The maximum atomic E-state index is 15.5. The second kappa shape index (κ2) is 8.09. The molecule has 33 heavy (non-hydrogen) atoms. The van der Waals surface area contributed by atoms with Crippen molar-refractivity contribution in [2.45, 2.75) is 43.3 Å². The minimum absolute atomic E-state index is 0.0223. The van der Waals surface area contributed by atoms with E-state index >= 15 is 4.39 Å². The van der Waals surface area contributed by atoms with Gasteiger partial charge in [-0.25, -0.2) is 9.37 Å². The van der Waals surface area contributed by atoms with Crippen molar-refractivity contribution < 1.29 is 13.9 Å². The fourth-order valence-electron chi connectivity index (χ4n) is 4.98. The molecule has 0 saturated heterocycles. The molecule has 3 aromatic rings. The number of nitrogens with two attached hydrogens (primary N) is 1. The minimum Gasteiger partial charge on any atom is -0.487 e. The number of pyridine rings is 1. The first-order chi connectivity index (χ1) is 15.8. The highest BCUT2D eigenvalue weighted by atomic mass is 32.2. The number of imidazole rings is 1. The molecule has 0 unspecified atom stereocenters. The van der Waals surface area contributed by atoms with Gasteiger partial charge in [-0.1, -0.05) is 24.6 Å². The highest BCUT2D eigenvalue weighted by Gasteiger charge is 2.42. The lowest BCUT2D eigenvalue weighted by atomic mass is 9.93. The zero-order chi connectivity index (χ0) is 23.3. The van der Waals surface area contributed by atoms with Crippen LogP contribution in [0, 0.1) is 5.82 Å². The summed E-state index contributed by atoms with van der Waals surface area (Å²) in [5, 5.41) is 4.01. The number of nitrogens with one attached hydrogen (secondary N) is 1. The number of benzene rings is 1. The average Bonchev–Trinajstić information content (AvgIpc) is 3.42. The number of hydrogen-bond acceptors (Lipinski definition) is 7. The summed E-state index contributed by atoms with van der Waals surface area (Å²) in [6, 6.07) is 0. The SMILES string of the molecule is CC(=O)c1cn2c3c(c(NCCSc4nccn4C)c(F)c(N)c3c1=O)OCC21CCCC1. The first-order valence-corrected chi connectivity index (χ1v) is 12.0. The number of ketones is 1. The number of Topliss-reactive ketones (excluding diaryl/α,β-unsaturated/α-hetero) is 1. The molecule has 10 heteroatoms. The second-order valence-electron chi connectivity index (χ2n) is 8.77. The molecule has 3 N–H and O–H groups in total. The van der Waals surface area contributed by atoms with E-state index in [4.69, 9.17) is 10.5 Å².